The maximum absolute atomic E-state index is 12.1. The molecule has 0 spiro atoms. The van der Waals surface area contributed by atoms with Gasteiger partial charge < -0.3 is 19.9 Å². The van der Waals surface area contributed by atoms with Crippen LogP contribution in [0.3, 0.4) is 0 Å². The molecule has 1 atom stereocenters. The third-order valence-corrected chi connectivity index (χ3v) is 3.41. The van der Waals surface area contributed by atoms with E-state index in [4.69, 9.17) is 4.74 Å². The first-order chi connectivity index (χ1) is 9.35. The zero-order valence-corrected chi connectivity index (χ0v) is 14.2. The van der Waals surface area contributed by atoms with Crippen LogP contribution in [0.1, 0.15) is 33.6 Å². The van der Waals surface area contributed by atoms with Crippen LogP contribution in [0.25, 0.3) is 0 Å². The average molecular weight is 287 g/mol. The predicted molar refractivity (Wildman–Crippen MR) is 84.0 cm³/mol. The standard InChI is InChI=1S/C15H33N3O2/c1-7-10-16-15(3,14(19)20-8-2)9-11-18(6)13-12-17(4)5/h16H,7-13H2,1-6H3. The fourth-order valence-electron chi connectivity index (χ4n) is 1.85. The summed E-state index contributed by atoms with van der Waals surface area (Å²) in [7, 11) is 6.23. The van der Waals surface area contributed by atoms with Gasteiger partial charge in [-0.15, -0.1) is 0 Å². The second-order valence-electron chi connectivity index (χ2n) is 5.84. The number of ether oxygens (including phenoxy) is 1. The van der Waals surface area contributed by atoms with Gasteiger partial charge in [0.1, 0.15) is 5.54 Å². The minimum atomic E-state index is -0.585. The van der Waals surface area contributed by atoms with Crippen LogP contribution in [-0.2, 0) is 9.53 Å². The first-order valence-electron chi connectivity index (χ1n) is 7.61. The number of hydrogen-bond acceptors (Lipinski definition) is 5. The Hall–Kier alpha value is -0.650. The molecule has 0 aromatic carbocycles. The lowest BCUT2D eigenvalue weighted by molar-refractivity contribution is -0.151. The average Bonchev–Trinajstić information content (AvgIpc) is 2.40. The van der Waals surface area contributed by atoms with Gasteiger partial charge in [-0.05, 0) is 54.4 Å². The maximum Gasteiger partial charge on any atom is 0.326 e. The van der Waals surface area contributed by atoms with Gasteiger partial charge >= 0.3 is 5.97 Å². The number of nitrogens with zero attached hydrogens (tertiary/aromatic N) is 2. The van der Waals surface area contributed by atoms with Crippen molar-refractivity contribution < 1.29 is 9.53 Å². The van der Waals surface area contributed by atoms with Crippen LogP contribution in [-0.4, -0.2) is 75.2 Å². The lowest BCUT2D eigenvalue weighted by Gasteiger charge is -2.30. The summed E-state index contributed by atoms with van der Waals surface area (Å²) >= 11 is 0. The number of nitrogens with one attached hydrogen (secondary N) is 1. The molecule has 0 rings (SSSR count). The molecule has 0 aromatic heterocycles. The van der Waals surface area contributed by atoms with Gasteiger partial charge in [0.05, 0.1) is 6.61 Å². The molecule has 0 saturated carbocycles. The van der Waals surface area contributed by atoms with Crippen molar-refractivity contribution in [2.75, 3.05) is 53.9 Å². The number of likely N-dealkylation sites (N-methyl/N-ethyl adjacent to an activating group) is 2. The largest absolute Gasteiger partial charge is 0.465 e. The van der Waals surface area contributed by atoms with Crippen molar-refractivity contribution in [3.05, 3.63) is 0 Å². The summed E-state index contributed by atoms with van der Waals surface area (Å²) in [6.07, 6.45) is 1.77. The second-order valence-corrected chi connectivity index (χ2v) is 5.84. The maximum atomic E-state index is 12.1. The molecule has 0 aliphatic carbocycles. The van der Waals surface area contributed by atoms with Gasteiger partial charge in [0.25, 0.3) is 0 Å². The van der Waals surface area contributed by atoms with Crippen molar-refractivity contribution in [3.63, 3.8) is 0 Å². The first kappa shape index (κ1) is 19.4. The predicted octanol–water partition coefficient (Wildman–Crippen LogP) is 1.19. The van der Waals surface area contributed by atoms with Crippen LogP contribution in [0.2, 0.25) is 0 Å². The first-order valence-corrected chi connectivity index (χ1v) is 7.61. The Morgan fingerprint density at radius 3 is 2.30 bits per heavy atom. The molecule has 5 nitrogen and oxygen atoms in total. The summed E-state index contributed by atoms with van der Waals surface area (Å²) in [4.78, 5) is 16.6. The number of hydrogen-bond donors (Lipinski definition) is 1. The zero-order chi connectivity index (χ0) is 15.6. The Morgan fingerprint density at radius 2 is 1.80 bits per heavy atom. The number of esters is 1. The van der Waals surface area contributed by atoms with Gasteiger partial charge in [-0.2, -0.15) is 0 Å². The molecule has 1 unspecified atom stereocenters. The molecule has 0 fully saturated rings. The van der Waals surface area contributed by atoms with E-state index in [1.165, 1.54) is 0 Å². The summed E-state index contributed by atoms with van der Waals surface area (Å²) in [5, 5.41) is 3.34. The summed E-state index contributed by atoms with van der Waals surface area (Å²) in [6.45, 7) is 10.0. The summed E-state index contributed by atoms with van der Waals surface area (Å²) in [6, 6.07) is 0. The van der Waals surface area contributed by atoms with E-state index in [2.05, 4.69) is 43.2 Å². The molecule has 20 heavy (non-hydrogen) atoms. The SMILES string of the molecule is CCCNC(C)(CCN(C)CCN(C)C)C(=O)OCC. The summed E-state index contributed by atoms with van der Waals surface area (Å²) in [5.41, 5.74) is -0.585. The Balaban J connectivity index is 4.38. The van der Waals surface area contributed by atoms with Crippen molar-refractivity contribution in [3.8, 4) is 0 Å². The van der Waals surface area contributed by atoms with Crippen molar-refractivity contribution in [1.29, 1.82) is 0 Å². The lowest BCUT2D eigenvalue weighted by atomic mass is 9.97. The van der Waals surface area contributed by atoms with Crippen LogP contribution in [0.5, 0.6) is 0 Å². The van der Waals surface area contributed by atoms with E-state index in [9.17, 15) is 4.79 Å². The van der Waals surface area contributed by atoms with Crippen molar-refractivity contribution in [2.45, 2.75) is 39.2 Å². The van der Waals surface area contributed by atoms with Crippen LogP contribution in [0, 0.1) is 0 Å². The molecule has 0 bridgehead atoms. The van der Waals surface area contributed by atoms with Gasteiger partial charge in [0.15, 0.2) is 0 Å². The van der Waals surface area contributed by atoms with Crippen LogP contribution < -0.4 is 5.32 Å². The highest BCUT2D eigenvalue weighted by Crippen LogP contribution is 2.13. The van der Waals surface area contributed by atoms with E-state index < -0.39 is 5.54 Å². The van der Waals surface area contributed by atoms with E-state index in [-0.39, 0.29) is 5.97 Å². The van der Waals surface area contributed by atoms with E-state index in [1.54, 1.807) is 0 Å². The summed E-state index contributed by atoms with van der Waals surface area (Å²) in [5.74, 6) is -0.144. The Kier molecular flexibility index (Phi) is 9.80. The molecule has 5 heteroatoms. The van der Waals surface area contributed by atoms with Crippen molar-refractivity contribution >= 4 is 5.97 Å². The Bertz CT molecular complexity index is 272. The van der Waals surface area contributed by atoms with Gasteiger partial charge in [-0.1, -0.05) is 6.92 Å². The van der Waals surface area contributed by atoms with Gasteiger partial charge in [-0.25, -0.2) is 0 Å². The van der Waals surface area contributed by atoms with E-state index in [0.29, 0.717) is 6.61 Å². The minimum absolute atomic E-state index is 0.144. The molecule has 0 saturated heterocycles. The molecule has 1 N–H and O–H groups in total. The molecule has 0 aliphatic heterocycles. The third kappa shape index (κ3) is 7.82. The van der Waals surface area contributed by atoms with E-state index in [0.717, 1.165) is 39.0 Å². The third-order valence-electron chi connectivity index (χ3n) is 3.41. The lowest BCUT2D eigenvalue weighted by Crippen LogP contribution is -2.52. The fraction of sp³-hybridized carbons (Fsp3) is 0.933. The Labute approximate surface area is 124 Å². The topological polar surface area (TPSA) is 44.8 Å². The molecular weight excluding hydrogens is 254 g/mol. The quantitative estimate of drug-likeness (QED) is 0.578. The van der Waals surface area contributed by atoms with E-state index in [1.807, 2.05) is 13.8 Å². The monoisotopic (exact) mass is 287 g/mol. The number of carbonyl (C=O) groups is 1. The van der Waals surface area contributed by atoms with Gasteiger partial charge in [0, 0.05) is 19.6 Å². The van der Waals surface area contributed by atoms with Gasteiger partial charge in [-0.3, -0.25) is 4.79 Å². The van der Waals surface area contributed by atoms with E-state index >= 15 is 0 Å². The highest BCUT2D eigenvalue weighted by molar-refractivity contribution is 5.80. The van der Waals surface area contributed by atoms with Gasteiger partial charge in [0.2, 0.25) is 0 Å². The molecular formula is C15H33N3O2. The highest BCUT2D eigenvalue weighted by atomic mass is 16.5. The molecule has 0 aliphatic rings. The molecule has 0 radical (unpaired) electrons. The normalized spacial score (nSPS) is 14.6. The number of rotatable bonds is 11. The smallest absolute Gasteiger partial charge is 0.326 e. The molecule has 120 valence electrons. The Morgan fingerprint density at radius 1 is 1.15 bits per heavy atom. The van der Waals surface area contributed by atoms with Crippen LogP contribution in [0.15, 0.2) is 0 Å². The number of carbonyl (C=O) groups excluding carboxylic acids is 1. The fourth-order valence-corrected chi connectivity index (χ4v) is 1.85. The van der Waals surface area contributed by atoms with Crippen LogP contribution in [0.4, 0.5) is 0 Å². The molecule has 0 amide bonds. The van der Waals surface area contributed by atoms with Crippen molar-refractivity contribution in [2.24, 2.45) is 0 Å². The van der Waals surface area contributed by atoms with Crippen molar-refractivity contribution in [1.82, 2.24) is 15.1 Å². The molecule has 0 heterocycles. The second kappa shape index (κ2) is 10.1. The summed E-state index contributed by atoms with van der Waals surface area (Å²) < 4.78 is 5.21. The zero-order valence-electron chi connectivity index (χ0n) is 14.2. The molecule has 0 aromatic rings. The van der Waals surface area contributed by atoms with Crippen LogP contribution >= 0.6 is 0 Å². The highest BCUT2D eigenvalue weighted by Gasteiger charge is 2.33. The minimum Gasteiger partial charge on any atom is -0.465 e.